The molecule has 0 unspecified atom stereocenters. The first-order valence-corrected chi connectivity index (χ1v) is 8.81. The Morgan fingerprint density at radius 2 is 1.67 bits per heavy atom. The largest absolute Gasteiger partial charge is 0.484 e. The van der Waals surface area contributed by atoms with E-state index in [4.69, 9.17) is 16.3 Å². The van der Waals surface area contributed by atoms with Crippen LogP contribution in [0.1, 0.15) is 0 Å². The molecular weight excluding hydrogens is 352 g/mol. The van der Waals surface area contributed by atoms with Crippen LogP contribution in [0.25, 0.3) is 0 Å². The van der Waals surface area contributed by atoms with Crippen molar-refractivity contribution in [1.29, 1.82) is 0 Å². The van der Waals surface area contributed by atoms with Crippen molar-refractivity contribution >= 4 is 33.2 Å². The lowest BCUT2D eigenvalue weighted by molar-refractivity contribution is -0.118. The van der Waals surface area contributed by atoms with E-state index in [2.05, 4.69) is 5.32 Å². The average molecular weight is 369 g/mol. The third kappa shape index (κ3) is 4.70. The molecule has 2 rings (SSSR count). The van der Waals surface area contributed by atoms with Gasteiger partial charge in [0.25, 0.3) is 5.91 Å². The number of rotatable bonds is 6. The maximum absolute atomic E-state index is 12.0. The number of ether oxygens (including phenoxy) is 1. The van der Waals surface area contributed by atoms with Crippen molar-refractivity contribution < 1.29 is 17.9 Å². The van der Waals surface area contributed by atoms with Crippen molar-refractivity contribution in [2.75, 3.05) is 26.0 Å². The van der Waals surface area contributed by atoms with Gasteiger partial charge in [0.2, 0.25) is 10.0 Å². The summed E-state index contributed by atoms with van der Waals surface area (Å²) in [6, 6.07) is 12.6. The summed E-state index contributed by atoms with van der Waals surface area (Å²) in [5.74, 6) is 0.176. The average Bonchev–Trinajstić information content (AvgIpc) is 2.54. The van der Waals surface area contributed by atoms with Gasteiger partial charge in [0, 0.05) is 24.8 Å². The van der Waals surface area contributed by atoms with Gasteiger partial charge in [0.15, 0.2) is 6.61 Å². The van der Waals surface area contributed by atoms with Crippen molar-refractivity contribution in [2.24, 2.45) is 0 Å². The molecule has 2 aromatic carbocycles. The van der Waals surface area contributed by atoms with E-state index in [-0.39, 0.29) is 17.4 Å². The van der Waals surface area contributed by atoms with E-state index in [1.165, 1.54) is 38.4 Å². The van der Waals surface area contributed by atoms with Crippen LogP contribution in [-0.2, 0) is 14.8 Å². The lowest BCUT2D eigenvalue weighted by atomic mass is 10.3. The molecule has 0 spiro atoms. The highest BCUT2D eigenvalue weighted by Gasteiger charge is 2.16. The van der Waals surface area contributed by atoms with Crippen LogP contribution < -0.4 is 10.1 Å². The highest BCUT2D eigenvalue weighted by Crippen LogP contribution is 2.17. The van der Waals surface area contributed by atoms with Crippen molar-refractivity contribution in [3.05, 3.63) is 53.6 Å². The van der Waals surface area contributed by atoms with Crippen LogP contribution in [0.3, 0.4) is 0 Å². The van der Waals surface area contributed by atoms with Crippen molar-refractivity contribution in [1.82, 2.24) is 4.31 Å². The smallest absolute Gasteiger partial charge is 0.262 e. The standard InChI is InChI=1S/C16H17ClN2O4S/c1-19(2)24(21,22)15-9-5-13(6-10-15)18-16(20)11-23-14-7-3-12(17)4-8-14/h3-10H,11H2,1-2H3,(H,18,20). The number of sulfonamides is 1. The van der Waals surface area contributed by atoms with Gasteiger partial charge in [-0.15, -0.1) is 0 Å². The quantitative estimate of drug-likeness (QED) is 0.850. The molecule has 1 amide bonds. The van der Waals surface area contributed by atoms with Crippen molar-refractivity contribution in [2.45, 2.75) is 4.90 Å². The van der Waals surface area contributed by atoms with E-state index in [0.717, 1.165) is 4.31 Å². The number of nitrogens with zero attached hydrogens (tertiary/aromatic N) is 1. The highest BCUT2D eigenvalue weighted by molar-refractivity contribution is 7.89. The molecule has 0 fully saturated rings. The Morgan fingerprint density at radius 3 is 2.21 bits per heavy atom. The fourth-order valence-corrected chi connectivity index (χ4v) is 2.83. The van der Waals surface area contributed by atoms with Crippen LogP contribution in [0.5, 0.6) is 5.75 Å². The zero-order valence-corrected chi connectivity index (χ0v) is 14.8. The molecule has 0 atom stereocenters. The maximum atomic E-state index is 12.0. The van der Waals surface area contributed by atoms with Crippen LogP contribution >= 0.6 is 11.6 Å². The van der Waals surface area contributed by atoms with Crippen LogP contribution in [0, 0.1) is 0 Å². The molecule has 8 heteroatoms. The van der Waals surface area contributed by atoms with Gasteiger partial charge < -0.3 is 10.1 Å². The number of hydrogen-bond acceptors (Lipinski definition) is 4. The lowest BCUT2D eigenvalue weighted by Crippen LogP contribution is -2.22. The summed E-state index contributed by atoms with van der Waals surface area (Å²) in [4.78, 5) is 12.0. The second kappa shape index (κ2) is 7.65. The maximum Gasteiger partial charge on any atom is 0.262 e. The third-order valence-corrected chi connectivity index (χ3v) is 5.18. The Labute approximate surface area is 146 Å². The summed E-state index contributed by atoms with van der Waals surface area (Å²) in [5, 5.41) is 3.22. The predicted molar refractivity (Wildman–Crippen MR) is 92.9 cm³/mol. The molecule has 0 aromatic heterocycles. The number of hydrogen-bond donors (Lipinski definition) is 1. The molecule has 1 N–H and O–H groups in total. The van der Waals surface area contributed by atoms with Gasteiger partial charge in [0.1, 0.15) is 5.75 Å². The molecule has 6 nitrogen and oxygen atoms in total. The van der Waals surface area contributed by atoms with Crippen LogP contribution in [0.2, 0.25) is 5.02 Å². The van der Waals surface area contributed by atoms with Gasteiger partial charge in [-0.25, -0.2) is 12.7 Å². The summed E-state index contributed by atoms with van der Waals surface area (Å²) in [6.45, 7) is -0.167. The molecule has 0 aliphatic heterocycles. The molecule has 24 heavy (non-hydrogen) atoms. The SMILES string of the molecule is CN(C)S(=O)(=O)c1ccc(NC(=O)COc2ccc(Cl)cc2)cc1. The Morgan fingerprint density at radius 1 is 1.08 bits per heavy atom. The number of anilines is 1. The second-order valence-corrected chi connectivity index (χ2v) is 7.69. The van der Waals surface area contributed by atoms with Crippen LogP contribution in [0.4, 0.5) is 5.69 Å². The van der Waals surface area contributed by atoms with Gasteiger partial charge in [-0.3, -0.25) is 4.79 Å². The summed E-state index contributed by atoms with van der Waals surface area (Å²) < 4.78 is 30.4. The minimum absolute atomic E-state index is 0.155. The molecule has 2 aromatic rings. The summed E-state index contributed by atoms with van der Waals surface area (Å²) in [7, 11) is -0.572. The van der Waals surface area contributed by atoms with E-state index >= 15 is 0 Å². The Kier molecular flexibility index (Phi) is 5.82. The van der Waals surface area contributed by atoms with Crippen molar-refractivity contribution in [3.63, 3.8) is 0 Å². The van der Waals surface area contributed by atoms with Gasteiger partial charge in [-0.2, -0.15) is 0 Å². The molecule has 128 valence electrons. The third-order valence-electron chi connectivity index (χ3n) is 3.10. The molecule has 0 radical (unpaired) electrons. The molecule has 0 saturated heterocycles. The van der Waals surface area contributed by atoms with Crippen molar-refractivity contribution in [3.8, 4) is 5.75 Å². The van der Waals surface area contributed by atoms with Crippen LogP contribution in [0.15, 0.2) is 53.4 Å². The number of benzene rings is 2. The Hall–Kier alpha value is -2.09. The molecule has 0 bridgehead atoms. The number of halogens is 1. The van der Waals surface area contributed by atoms with Gasteiger partial charge in [-0.1, -0.05) is 11.6 Å². The van der Waals surface area contributed by atoms with Gasteiger partial charge in [-0.05, 0) is 48.5 Å². The van der Waals surface area contributed by atoms with E-state index in [0.29, 0.717) is 16.5 Å². The molecule has 0 heterocycles. The number of amides is 1. The highest BCUT2D eigenvalue weighted by atomic mass is 35.5. The minimum Gasteiger partial charge on any atom is -0.484 e. The Bertz CT molecular complexity index is 803. The van der Waals surface area contributed by atoms with Gasteiger partial charge in [0.05, 0.1) is 4.90 Å². The van der Waals surface area contributed by atoms with E-state index < -0.39 is 10.0 Å². The lowest BCUT2D eigenvalue weighted by Gasteiger charge is -2.12. The number of nitrogens with one attached hydrogen (secondary N) is 1. The first-order valence-electron chi connectivity index (χ1n) is 7.00. The zero-order chi connectivity index (χ0) is 17.7. The summed E-state index contributed by atoms with van der Waals surface area (Å²) in [5.41, 5.74) is 0.484. The fourth-order valence-electron chi connectivity index (χ4n) is 1.80. The molecular formula is C16H17ClN2O4S. The Balaban J connectivity index is 1.93. The predicted octanol–water partition coefficient (Wildman–Crippen LogP) is 2.61. The molecule has 0 aliphatic rings. The zero-order valence-electron chi connectivity index (χ0n) is 13.2. The first-order chi connectivity index (χ1) is 11.3. The summed E-state index contributed by atoms with van der Waals surface area (Å²) in [6.07, 6.45) is 0. The second-order valence-electron chi connectivity index (χ2n) is 5.10. The first kappa shape index (κ1) is 18.3. The van der Waals surface area contributed by atoms with E-state index in [9.17, 15) is 13.2 Å². The van der Waals surface area contributed by atoms with E-state index in [1.54, 1.807) is 24.3 Å². The van der Waals surface area contributed by atoms with Crippen LogP contribution in [-0.4, -0.2) is 39.3 Å². The van der Waals surface area contributed by atoms with Gasteiger partial charge >= 0.3 is 0 Å². The molecule has 0 aliphatic carbocycles. The monoisotopic (exact) mass is 368 g/mol. The summed E-state index contributed by atoms with van der Waals surface area (Å²) >= 11 is 5.77. The number of carbonyl (C=O) groups is 1. The normalized spacial score (nSPS) is 11.3. The fraction of sp³-hybridized carbons (Fsp3) is 0.188. The topological polar surface area (TPSA) is 75.7 Å². The minimum atomic E-state index is -3.49. The number of carbonyl (C=O) groups excluding carboxylic acids is 1. The van der Waals surface area contributed by atoms with E-state index in [1.807, 2.05) is 0 Å². The molecule has 0 saturated carbocycles.